The van der Waals surface area contributed by atoms with Crippen molar-refractivity contribution in [2.24, 2.45) is 0 Å². The topological polar surface area (TPSA) is 29.1 Å². The fourth-order valence-corrected chi connectivity index (χ4v) is 1.61. The highest BCUT2D eigenvalue weighted by Crippen LogP contribution is 2.26. The van der Waals surface area contributed by atoms with Gasteiger partial charge in [-0.1, -0.05) is 39.8 Å². The fraction of sp³-hybridized carbons (Fsp3) is 0.462. The van der Waals surface area contributed by atoms with Gasteiger partial charge in [-0.15, -0.1) is 0 Å². The van der Waals surface area contributed by atoms with Gasteiger partial charge in [-0.05, 0) is 23.1 Å². The summed E-state index contributed by atoms with van der Waals surface area (Å²) in [4.78, 5) is 11.1. The van der Waals surface area contributed by atoms with Crippen molar-refractivity contribution in [1.29, 1.82) is 0 Å². The van der Waals surface area contributed by atoms with Crippen LogP contribution in [0.4, 0.5) is 5.69 Å². The van der Waals surface area contributed by atoms with Crippen molar-refractivity contribution in [3.05, 3.63) is 29.3 Å². The number of nitrogens with one attached hydrogen (secondary N) is 1. The first kappa shape index (κ1) is 11.8. The first-order chi connectivity index (χ1) is 7.16. The van der Waals surface area contributed by atoms with E-state index in [1.165, 1.54) is 5.56 Å². The number of fused-ring (bicyclic) bond motifs is 1. The number of carbonyl (C=O) groups excluding carboxylic acids is 1. The molecule has 0 radical (unpaired) electrons. The zero-order valence-corrected chi connectivity index (χ0v) is 9.92. The van der Waals surface area contributed by atoms with Crippen molar-refractivity contribution in [3.8, 4) is 0 Å². The Hall–Kier alpha value is -1.31. The Morgan fingerprint density at radius 2 is 1.93 bits per heavy atom. The molecule has 0 bridgehead atoms. The molecule has 0 spiro atoms. The average molecular weight is 205 g/mol. The molecular formula is C13H19NO. The molecule has 2 heteroatoms. The molecule has 1 heterocycles. The third kappa shape index (κ3) is 2.58. The van der Waals surface area contributed by atoms with E-state index in [0.717, 1.165) is 11.3 Å². The van der Waals surface area contributed by atoms with Gasteiger partial charge in [0.1, 0.15) is 0 Å². The maximum Gasteiger partial charge on any atom is 0.228 e. The van der Waals surface area contributed by atoms with Crippen LogP contribution < -0.4 is 5.32 Å². The molecule has 0 atom stereocenters. The molecule has 1 N–H and O–H groups in total. The van der Waals surface area contributed by atoms with Gasteiger partial charge in [0.25, 0.3) is 0 Å². The molecule has 1 amide bonds. The van der Waals surface area contributed by atoms with Crippen LogP contribution in [0, 0.1) is 0 Å². The van der Waals surface area contributed by atoms with Crippen molar-refractivity contribution < 1.29 is 4.79 Å². The Balaban J connectivity index is 0.000000531. The van der Waals surface area contributed by atoms with Crippen LogP contribution in [-0.4, -0.2) is 5.91 Å². The lowest BCUT2D eigenvalue weighted by Crippen LogP contribution is -2.03. The van der Waals surface area contributed by atoms with E-state index in [9.17, 15) is 4.79 Å². The predicted octanol–water partition coefficient (Wildman–Crippen LogP) is 3.33. The normalized spacial score (nSPS) is 13.0. The molecule has 0 aromatic heterocycles. The second-order valence-corrected chi connectivity index (χ2v) is 3.80. The Kier molecular flexibility index (Phi) is 3.89. The maximum atomic E-state index is 11.1. The second kappa shape index (κ2) is 4.96. The minimum Gasteiger partial charge on any atom is -0.326 e. The summed E-state index contributed by atoms with van der Waals surface area (Å²) >= 11 is 0. The van der Waals surface area contributed by atoms with E-state index in [1.807, 2.05) is 19.9 Å². The zero-order chi connectivity index (χ0) is 11.4. The zero-order valence-electron chi connectivity index (χ0n) is 9.92. The molecule has 0 saturated heterocycles. The molecule has 0 aliphatic carbocycles. The SMILES string of the molecule is CC.CC(C)c1ccc2c(c1)CC(=O)N2. The van der Waals surface area contributed by atoms with Crippen LogP contribution in [0.2, 0.25) is 0 Å². The molecule has 0 unspecified atom stereocenters. The van der Waals surface area contributed by atoms with Gasteiger partial charge in [0.15, 0.2) is 0 Å². The van der Waals surface area contributed by atoms with Gasteiger partial charge >= 0.3 is 0 Å². The molecule has 2 nitrogen and oxygen atoms in total. The molecule has 82 valence electrons. The smallest absolute Gasteiger partial charge is 0.228 e. The van der Waals surface area contributed by atoms with E-state index in [-0.39, 0.29) is 5.91 Å². The van der Waals surface area contributed by atoms with Gasteiger partial charge in [-0.25, -0.2) is 0 Å². The monoisotopic (exact) mass is 205 g/mol. The first-order valence-corrected chi connectivity index (χ1v) is 5.59. The molecular weight excluding hydrogens is 186 g/mol. The van der Waals surface area contributed by atoms with Crippen LogP contribution in [0.25, 0.3) is 0 Å². The first-order valence-electron chi connectivity index (χ1n) is 5.59. The number of rotatable bonds is 1. The summed E-state index contributed by atoms with van der Waals surface area (Å²) in [6, 6.07) is 6.20. The maximum absolute atomic E-state index is 11.1. The van der Waals surface area contributed by atoms with Gasteiger partial charge in [0.05, 0.1) is 6.42 Å². The van der Waals surface area contributed by atoms with E-state index in [4.69, 9.17) is 0 Å². The summed E-state index contributed by atoms with van der Waals surface area (Å²) in [6.07, 6.45) is 0.538. The number of benzene rings is 1. The van der Waals surface area contributed by atoms with E-state index in [2.05, 4.69) is 31.3 Å². The lowest BCUT2D eigenvalue weighted by atomic mass is 10.00. The number of anilines is 1. The summed E-state index contributed by atoms with van der Waals surface area (Å²) in [6.45, 7) is 8.32. The van der Waals surface area contributed by atoms with Crippen molar-refractivity contribution in [2.45, 2.75) is 40.0 Å². The number of hydrogen-bond donors (Lipinski definition) is 1. The van der Waals surface area contributed by atoms with E-state index in [1.54, 1.807) is 0 Å². The van der Waals surface area contributed by atoms with Crippen LogP contribution in [0.1, 0.15) is 44.7 Å². The third-order valence-corrected chi connectivity index (χ3v) is 2.42. The number of hydrogen-bond acceptors (Lipinski definition) is 1. The van der Waals surface area contributed by atoms with Crippen LogP contribution >= 0.6 is 0 Å². The van der Waals surface area contributed by atoms with Crippen molar-refractivity contribution in [3.63, 3.8) is 0 Å². The van der Waals surface area contributed by atoms with Crippen LogP contribution in [0.3, 0.4) is 0 Å². The summed E-state index contributed by atoms with van der Waals surface area (Å²) in [5.41, 5.74) is 3.42. The molecule has 0 saturated carbocycles. The van der Waals surface area contributed by atoms with Crippen LogP contribution in [0.15, 0.2) is 18.2 Å². The number of carbonyl (C=O) groups is 1. The second-order valence-electron chi connectivity index (χ2n) is 3.80. The molecule has 15 heavy (non-hydrogen) atoms. The van der Waals surface area contributed by atoms with E-state index in [0.29, 0.717) is 12.3 Å². The minimum absolute atomic E-state index is 0.107. The van der Waals surface area contributed by atoms with E-state index < -0.39 is 0 Å². The van der Waals surface area contributed by atoms with Crippen molar-refractivity contribution in [1.82, 2.24) is 0 Å². The van der Waals surface area contributed by atoms with Crippen molar-refractivity contribution >= 4 is 11.6 Å². The molecule has 1 aromatic rings. The molecule has 1 aromatic carbocycles. The van der Waals surface area contributed by atoms with E-state index >= 15 is 0 Å². The lowest BCUT2D eigenvalue weighted by Gasteiger charge is -2.06. The quantitative estimate of drug-likeness (QED) is 0.748. The standard InChI is InChI=1S/C11H13NO.C2H6/c1-7(2)8-3-4-10-9(5-8)6-11(13)12-10;1-2/h3-5,7H,6H2,1-2H3,(H,12,13);1-2H3. The van der Waals surface area contributed by atoms with Gasteiger partial charge in [-0.3, -0.25) is 4.79 Å². The molecule has 1 aliphatic rings. The highest BCUT2D eigenvalue weighted by Gasteiger charge is 2.17. The summed E-state index contributed by atoms with van der Waals surface area (Å²) in [7, 11) is 0. The summed E-state index contributed by atoms with van der Waals surface area (Å²) < 4.78 is 0. The van der Waals surface area contributed by atoms with Gasteiger partial charge in [0.2, 0.25) is 5.91 Å². The third-order valence-electron chi connectivity index (χ3n) is 2.42. The van der Waals surface area contributed by atoms with Crippen LogP contribution in [-0.2, 0) is 11.2 Å². The summed E-state index contributed by atoms with van der Waals surface area (Å²) in [5.74, 6) is 0.636. The fourth-order valence-electron chi connectivity index (χ4n) is 1.61. The average Bonchev–Trinajstić information content (AvgIpc) is 2.59. The van der Waals surface area contributed by atoms with Gasteiger partial charge in [-0.2, -0.15) is 0 Å². The molecule has 2 rings (SSSR count). The molecule has 1 aliphatic heterocycles. The Labute approximate surface area is 91.7 Å². The largest absolute Gasteiger partial charge is 0.326 e. The Bertz CT molecular complexity index is 356. The van der Waals surface area contributed by atoms with Gasteiger partial charge in [0, 0.05) is 5.69 Å². The van der Waals surface area contributed by atoms with Crippen molar-refractivity contribution in [2.75, 3.05) is 5.32 Å². The lowest BCUT2D eigenvalue weighted by molar-refractivity contribution is -0.115. The van der Waals surface area contributed by atoms with Crippen LogP contribution in [0.5, 0.6) is 0 Å². The highest BCUT2D eigenvalue weighted by atomic mass is 16.1. The highest BCUT2D eigenvalue weighted by molar-refractivity contribution is 5.99. The minimum atomic E-state index is 0.107. The Morgan fingerprint density at radius 1 is 1.27 bits per heavy atom. The Morgan fingerprint density at radius 3 is 2.53 bits per heavy atom. The number of amides is 1. The summed E-state index contributed by atoms with van der Waals surface area (Å²) in [5, 5.41) is 2.82. The van der Waals surface area contributed by atoms with Gasteiger partial charge < -0.3 is 5.32 Å². The molecule has 0 fully saturated rings. The predicted molar refractivity (Wildman–Crippen MR) is 64.2 cm³/mol.